The van der Waals surface area contributed by atoms with Gasteiger partial charge < -0.3 is 4.74 Å². The van der Waals surface area contributed by atoms with E-state index in [9.17, 15) is 4.79 Å². The van der Waals surface area contributed by atoms with Crippen molar-refractivity contribution in [3.8, 4) is 0 Å². The van der Waals surface area contributed by atoms with E-state index in [-0.39, 0.29) is 10.6 Å². The molecule has 0 N–H and O–H groups in total. The van der Waals surface area contributed by atoms with Gasteiger partial charge >= 0.3 is 0 Å². The first-order valence-electron chi connectivity index (χ1n) is 3.58. The average Bonchev–Trinajstić information content (AvgIpc) is 1.88. The number of rotatable bonds is 1. The monoisotopic (exact) mass is 160 g/mol. The van der Waals surface area contributed by atoms with Crippen LogP contribution in [-0.4, -0.2) is 17.2 Å². The van der Waals surface area contributed by atoms with E-state index >= 15 is 0 Å². The van der Waals surface area contributed by atoms with Crippen molar-refractivity contribution in [1.82, 2.24) is 0 Å². The van der Waals surface area contributed by atoms with Gasteiger partial charge in [-0.25, -0.2) is 0 Å². The smallest absolute Gasteiger partial charge is 0.188 e. The molecular weight excluding hydrogens is 148 g/mol. The molecule has 1 aliphatic heterocycles. The van der Waals surface area contributed by atoms with Gasteiger partial charge in [0.15, 0.2) is 5.12 Å². The topological polar surface area (TPSA) is 26.3 Å². The SMILES string of the molecule is CC(=O)S[C@H]1CCCCO1. The van der Waals surface area contributed by atoms with Crippen LogP contribution >= 0.6 is 11.8 Å². The minimum absolute atomic E-state index is 0.145. The molecule has 10 heavy (non-hydrogen) atoms. The van der Waals surface area contributed by atoms with Crippen LogP contribution in [0.5, 0.6) is 0 Å². The van der Waals surface area contributed by atoms with Crippen molar-refractivity contribution < 1.29 is 9.53 Å². The second-order valence-electron chi connectivity index (χ2n) is 2.41. The molecule has 1 fully saturated rings. The summed E-state index contributed by atoms with van der Waals surface area (Å²) in [7, 11) is 0. The molecule has 0 bridgehead atoms. The molecule has 1 rings (SSSR count). The zero-order valence-corrected chi connectivity index (χ0v) is 6.95. The highest BCUT2D eigenvalue weighted by Crippen LogP contribution is 2.23. The number of hydrogen-bond acceptors (Lipinski definition) is 3. The second-order valence-corrected chi connectivity index (χ2v) is 3.74. The molecule has 0 radical (unpaired) electrons. The van der Waals surface area contributed by atoms with Crippen molar-refractivity contribution in [3.05, 3.63) is 0 Å². The Morgan fingerprint density at radius 3 is 2.90 bits per heavy atom. The van der Waals surface area contributed by atoms with Gasteiger partial charge in [-0.05, 0) is 19.3 Å². The van der Waals surface area contributed by atoms with E-state index < -0.39 is 0 Å². The van der Waals surface area contributed by atoms with Crippen molar-refractivity contribution in [3.63, 3.8) is 0 Å². The van der Waals surface area contributed by atoms with E-state index in [4.69, 9.17) is 4.74 Å². The highest BCUT2D eigenvalue weighted by atomic mass is 32.2. The fraction of sp³-hybridized carbons (Fsp3) is 0.857. The number of hydrogen-bond donors (Lipinski definition) is 0. The Hall–Kier alpha value is -0.0200. The molecule has 0 aromatic carbocycles. The number of carbonyl (C=O) groups is 1. The number of ether oxygens (including phenoxy) is 1. The summed E-state index contributed by atoms with van der Waals surface area (Å²) in [6.07, 6.45) is 3.38. The summed E-state index contributed by atoms with van der Waals surface area (Å²) in [5.41, 5.74) is 0.145. The van der Waals surface area contributed by atoms with Crippen molar-refractivity contribution in [1.29, 1.82) is 0 Å². The van der Waals surface area contributed by atoms with Crippen LogP contribution in [0.25, 0.3) is 0 Å². The van der Waals surface area contributed by atoms with E-state index in [2.05, 4.69) is 0 Å². The molecule has 0 amide bonds. The lowest BCUT2D eigenvalue weighted by Gasteiger charge is -2.20. The minimum atomic E-state index is 0.145. The van der Waals surface area contributed by atoms with Crippen molar-refractivity contribution >= 4 is 16.9 Å². The zero-order chi connectivity index (χ0) is 7.40. The molecule has 1 saturated heterocycles. The standard InChI is InChI=1S/C7H12O2S/c1-6(8)10-7-4-2-3-5-9-7/h7H,2-5H2,1H3/t7-/m0/s1. The third-order valence-corrected chi connectivity index (χ3v) is 2.40. The third kappa shape index (κ3) is 2.71. The zero-order valence-electron chi connectivity index (χ0n) is 6.13. The predicted molar refractivity (Wildman–Crippen MR) is 41.9 cm³/mol. The summed E-state index contributed by atoms with van der Waals surface area (Å²) in [5.74, 6) is 0. The molecule has 58 valence electrons. The molecule has 1 atom stereocenters. The Balaban J connectivity index is 2.19. The van der Waals surface area contributed by atoms with Crippen LogP contribution in [0.1, 0.15) is 26.2 Å². The molecule has 2 nitrogen and oxygen atoms in total. The van der Waals surface area contributed by atoms with Gasteiger partial charge in [0.25, 0.3) is 0 Å². The van der Waals surface area contributed by atoms with Gasteiger partial charge in [0, 0.05) is 13.5 Å². The number of carbonyl (C=O) groups excluding carboxylic acids is 1. The van der Waals surface area contributed by atoms with E-state index in [1.54, 1.807) is 6.92 Å². The lowest BCUT2D eigenvalue weighted by molar-refractivity contribution is -0.109. The van der Waals surface area contributed by atoms with Crippen LogP contribution in [0.3, 0.4) is 0 Å². The van der Waals surface area contributed by atoms with Crippen LogP contribution in [0, 0.1) is 0 Å². The van der Waals surface area contributed by atoms with Crippen LogP contribution in [0.4, 0.5) is 0 Å². The van der Waals surface area contributed by atoms with Gasteiger partial charge in [-0.3, -0.25) is 4.79 Å². The highest BCUT2D eigenvalue weighted by molar-refractivity contribution is 8.13. The maximum absolute atomic E-state index is 10.6. The van der Waals surface area contributed by atoms with E-state index in [1.807, 2.05) is 0 Å². The molecule has 3 heteroatoms. The predicted octanol–water partition coefficient (Wildman–Crippen LogP) is 1.79. The molecule has 1 heterocycles. The van der Waals surface area contributed by atoms with Crippen LogP contribution in [0.15, 0.2) is 0 Å². The first-order valence-corrected chi connectivity index (χ1v) is 4.46. The molecular formula is C7H12O2S. The number of thioether (sulfide) groups is 1. The van der Waals surface area contributed by atoms with Gasteiger partial charge in [-0.1, -0.05) is 11.8 Å². The van der Waals surface area contributed by atoms with E-state index in [0.29, 0.717) is 0 Å². The largest absolute Gasteiger partial charge is 0.367 e. The quantitative estimate of drug-likeness (QED) is 0.585. The first kappa shape index (κ1) is 8.08. The normalized spacial score (nSPS) is 26.3. The summed E-state index contributed by atoms with van der Waals surface area (Å²) in [6.45, 7) is 2.41. The molecule has 1 aliphatic rings. The van der Waals surface area contributed by atoms with Crippen LogP contribution in [-0.2, 0) is 9.53 Å². The van der Waals surface area contributed by atoms with Crippen molar-refractivity contribution in [2.45, 2.75) is 31.6 Å². The fourth-order valence-electron chi connectivity index (χ4n) is 0.989. The molecule has 0 unspecified atom stereocenters. The van der Waals surface area contributed by atoms with E-state index in [0.717, 1.165) is 19.4 Å². The van der Waals surface area contributed by atoms with E-state index in [1.165, 1.54) is 18.2 Å². The van der Waals surface area contributed by atoms with Gasteiger partial charge in [0.1, 0.15) is 5.44 Å². The summed E-state index contributed by atoms with van der Waals surface area (Å²) >= 11 is 1.31. The summed E-state index contributed by atoms with van der Waals surface area (Å²) in [5, 5.41) is 0.159. The highest BCUT2D eigenvalue weighted by Gasteiger charge is 2.15. The summed E-state index contributed by atoms with van der Waals surface area (Å²) < 4.78 is 5.33. The Bertz CT molecular complexity index is 119. The lowest BCUT2D eigenvalue weighted by Crippen LogP contribution is -2.16. The Morgan fingerprint density at radius 2 is 2.40 bits per heavy atom. The summed E-state index contributed by atoms with van der Waals surface area (Å²) in [4.78, 5) is 10.6. The van der Waals surface area contributed by atoms with Gasteiger partial charge in [0.05, 0.1) is 0 Å². The molecule has 0 aromatic rings. The third-order valence-electron chi connectivity index (χ3n) is 1.44. The van der Waals surface area contributed by atoms with Crippen molar-refractivity contribution in [2.75, 3.05) is 6.61 Å². The molecule has 0 saturated carbocycles. The van der Waals surface area contributed by atoms with Gasteiger partial charge in [-0.2, -0.15) is 0 Å². The van der Waals surface area contributed by atoms with Gasteiger partial charge in [-0.15, -0.1) is 0 Å². The minimum Gasteiger partial charge on any atom is -0.367 e. The van der Waals surface area contributed by atoms with Crippen LogP contribution in [0.2, 0.25) is 0 Å². The van der Waals surface area contributed by atoms with Crippen molar-refractivity contribution in [2.24, 2.45) is 0 Å². The fourth-order valence-corrected chi connectivity index (χ4v) is 1.81. The Morgan fingerprint density at radius 1 is 1.60 bits per heavy atom. The lowest BCUT2D eigenvalue weighted by atomic mass is 10.2. The maximum Gasteiger partial charge on any atom is 0.188 e. The average molecular weight is 160 g/mol. The molecule has 0 aromatic heterocycles. The summed E-state index contributed by atoms with van der Waals surface area (Å²) in [6, 6.07) is 0. The van der Waals surface area contributed by atoms with Gasteiger partial charge in [0.2, 0.25) is 0 Å². The van der Waals surface area contributed by atoms with Crippen LogP contribution < -0.4 is 0 Å². The first-order chi connectivity index (χ1) is 4.79. The Kier molecular flexibility index (Phi) is 3.22. The maximum atomic E-state index is 10.6. The molecule has 0 aliphatic carbocycles. The molecule has 0 spiro atoms. The Labute approximate surface area is 65.3 Å². The second kappa shape index (κ2) is 3.98.